The first kappa shape index (κ1) is 12.5. The van der Waals surface area contributed by atoms with Crippen molar-refractivity contribution in [3.8, 4) is 0 Å². The molecule has 3 nitrogen and oxygen atoms in total. The number of hydrogen-bond acceptors (Lipinski definition) is 2. The first-order valence-electron chi connectivity index (χ1n) is 7.61. The fourth-order valence-corrected chi connectivity index (χ4v) is 4.37. The van der Waals surface area contributed by atoms with Gasteiger partial charge in [0.15, 0.2) is 0 Å². The molecule has 0 aromatic carbocycles. The minimum atomic E-state index is -0.319. The lowest BCUT2D eigenvalue weighted by atomic mass is 9.83. The number of carbonyl (C=O) groups is 1. The van der Waals surface area contributed by atoms with E-state index in [1.807, 2.05) is 0 Å². The molecule has 2 heterocycles. The summed E-state index contributed by atoms with van der Waals surface area (Å²) in [6.45, 7) is 1.11. The number of rotatable bonds is 3. The average molecular weight is 249 g/mol. The predicted molar refractivity (Wildman–Crippen MR) is 71.8 cm³/mol. The van der Waals surface area contributed by atoms with Crippen LogP contribution in [-0.4, -0.2) is 28.9 Å². The number of carbonyl (C=O) groups excluding carboxylic acids is 1. The molecule has 2 N–H and O–H groups in total. The van der Waals surface area contributed by atoms with Gasteiger partial charge in [0.1, 0.15) is 5.54 Å². The van der Waals surface area contributed by atoms with Gasteiger partial charge in [-0.25, -0.2) is 0 Å². The minimum absolute atomic E-state index is 0.0863. The molecule has 2 atom stereocenters. The van der Waals surface area contributed by atoms with Gasteiger partial charge in [0.25, 0.3) is 0 Å². The Kier molecular flexibility index (Phi) is 3.35. The second-order valence-corrected chi connectivity index (χ2v) is 6.47. The summed E-state index contributed by atoms with van der Waals surface area (Å²) in [5.41, 5.74) is 5.42. The van der Waals surface area contributed by atoms with Crippen molar-refractivity contribution in [2.45, 2.75) is 69.4 Å². The number of piperidine rings is 1. The molecule has 2 bridgehead atoms. The van der Waals surface area contributed by atoms with Gasteiger partial charge in [-0.2, -0.15) is 0 Å². The molecule has 0 aromatic rings. The number of nitrogens with two attached hydrogens (primary N) is 1. The fraction of sp³-hybridized carbons (Fsp3) is 0.867. The zero-order valence-electron chi connectivity index (χ0n) is 11.2. The summed E-state index contributed by atoms with van der Waals surface area (Å²) >= 11 is 0. The van der Waals surface area contributed by atoms with Crippen molar-refractivity contribution in [3.63, 3.8) is 0 Å². The van der Waals surface area contributed by atoms with Crippen LogP contribution in [0.3, 0.4) is 0 Å². The minimum Gasteiger partial charge on any atom is -0.368 e. The van der Waals surface area contributed by atoms with Crippen LogP contribution in [0.5, 0.6) is 0 Å². The molecule has 101 valence electrons. The van der Waals surface area contributed by atoms with Gasteiger partial charge in [-0.05, 0) is 50.9 Å². The van der Waals surface area contributed by atoms with E-state index in [4.69, 9.17) is 5.73 Å². The molecule has 3 fully saturated rings. The lowest BCUT2D eigenvalue weighted by molar-refractivity contribution is -0.131. The van der Waals surface area contributed by atoms with Crippen molar-refractivity contribution in [2.24, 2.45) is 11.7 Å². The van der Waals surface area contributed by atoms with Gasteiger partial charge in [0.05, 0.1) is 0 Å². The lowest BCUT2D eigenvalue weighted by Gasteiger charge is -2.44. The van der Waals surface area contributed by atoms with Gasteiger partial charge in [-0.1, -0.05) is 19.3 Å². The van der Waals surface area contributed by atoms with Crippen LogP contribution < -0.4 is 5.73 Å². The summed E-state index contributed by atoms with van der Waals surface area (Å²) in [6.07, 6.45) is 13.3. The Hall–Kier alpha value is -0.570. The van der Waals surface area contributed by atoms with E-state index in [-0.39, 0.29) is 11.4 Å². The van der Waals surface area contributed by atoms with E-state index in [1.54, 1.807) is 0 Å². The number of fused-ring (bicyclic) bond motifs is 2. The van der Waals surface area contributed by atoms with Crippen LogP contribution in [0.1, 0.15) is 57.8 Å². The van der Waals surface area contributed by atoms with Gasteiger partial charge in [-0.15, -0.1) is 0 Å². The summed E-state index contributed by atoms with van der Waals surface area (Å²) < 4.78 is 0. The monoisotopic (exact) mass is 249 g/mol. The Balaban J connectivity index is 1.74. The molecule has 1 amide bonds. The molecule has 3 heteroatoms. The lowest BCUT2D eigenvalue weighted by Crippen LogP contribution is -2.59. The molecule has 0 aromatic heterocycles. The zero-order valence-corrected chi connectivity index (χ0v) is 11.2. The molecule has 2 aliphatic heterocycles. The molecule has 1 aliphatic carbocycles. The first-order chi connectivity index (χ1) is 8.72. The molecular weight excluding hydrogens is 224 g/mol. The Labute approximate surface area is 110 Å². The van der Waals surface area contributed by atoms with Crippen LogP contribution in [0.4, 0.5) is 0 Å². The van der Waals surface area contributed by atoms with Crippen LogP contribution in [-0.2, 0) is 4.79 Å². The standard InChI is InChI=1S/C15H25N2O/c16-14(18)15-9-4-7-13(8-10-15)17(15)11-12-5-2-1-3-6-12/h4,12-13H,1-3,5-11H2,(H2,16,18). The van der Waals surface area contributed by atoms with Gasteiger partial charge in [-0.3, -0.25) is 9.69 Å². The molecule has 3 rings (SSSR count). The fourth-order valence-electron chi connectivity index (χ4n) is 4.37. The Bertz CT molecular complexity index is 320. The van der Waals surface area contributed by atoms with Crippen molar-refractivity contribution < 1.29 is 4.79 Å². The normalized spacial score (nSPS) is 37.9. The SMILES string of the molecule is NC(=O)C12C[CH]CC(CC1)N2CC1CCCCC1. The average Bonchev–Trinajstić information content (AvgIpc) is 2.60. The highest BCUT2D eigenvalue weighted by Gasteiger charge is 2.52. The van der Waals surface area contributed by atoms with Gasteiger partial charge >= 0.3 is 0 Å². The maximum absolute atomic E-state index is 11.9. The van der Waals surface area contributed by atoms with Gasteiger partial charge < -0.3 is 5.73 Å². The van der Waals surface area contributed by atoms with Crippen molar-refractivity contribution in [3.05, 3.63) is 6.42 Å². The molecule has 1 radical (unpaired) electrons. The van der Waals surface area contributed by atoms with E-state index in [0.29, 0.717) is 6.04 Å². The van der Waals surface area contributed by atoms with Gasteiger partial charge in [0.2, 0.25) is 5.91 Å². The second kappa shape index (κ2) is 4.84. The topological polar surface area (TPSA) is 46.3 Å². The number of primary amides is 1. The van der Waals surface area contributed by atoms with Crippen molar-refractivity contribution in [2.75, 3.05) is 6.54 Å². The molecule has 1 saturated carbocycles. The largest absolute Gasteiger partial charge is 0.368 e. The van der Waals surface area contributed by atoms with Gasteiger partial charge in [0, 0.05) is 12.6 Å². The Morgan fingerprint density at radius 2 is 2.06 bits per heavy atom. The van der Waals surface area contributed by atoms with Crippen LogP contribution in [0.25, 0.3) is 0 Å². The summed E-state index contributed by atoms with van der Waals surface area (Å²) in [5, 5.41) is 0. The first-order valence-corrected chi connectivity index (χ1v) is 7.61. The van der Waals surface area contributed by atoms with Crippen LogP contribution in [0.2, 0.25) is 0 Å². The quantitative estimate of drug-likeness (QED) is 0.834. The van der Waals surface area contributed by atoms with Crippen molar-refractivity contribution >= 4 is 5.91 Å². The highest BCUT2D eigenvalue weighted by atomic mass is 16.1. The van der Waals surface area contributed by atoms with E-state index < -0.39 is 0 Å². The molecular formula is C15H25N2O. The number of nitrogens with zero attached hydrogens (tertiary/aromatic N) is 1. The summed E-state index contributed by atoms with van der Waals surface area (Å²) in [7, 11) is 0. The smallest absolute Gasteiger partial charge is 0.237 e. The molecule has 0 spiro atoms. The predicted octanol–water partition coefficient (Wildman–Crippen LogP) is 2.25. The second-order valence-electron chi connectivity index (χ2n) is 6.47. The maximum Gasteiger partial charge on any atom is 0.237 e. The Morgan fingerprint density at radius 3 is 2.78 bits per heavy atom. The highest BCUT2D eigenvalue weighted by molar-refractivity contribution is 5.85. The molecule has 18 heavy (non-hydrogen) atoms. The van der Waals surface area contributed by atoms with E-state index in [2.05, 4.69) is 11.3 Å². The highest BCUT2D eigenvalue weighted by Crippen LogP contribution is 2.44. The summed E-state index contributed by atoms with van der Waals surface area (Å²) in [4.78, 5) is 14.4. The maximum atomic E-state index is 11.9. The third-order valence-electron chi connectivity index (χ3n) is 5.44. The van der Waals surface area contributed by atoms with Crippen LogP contribution in [0, 0.1) is 12.3 Å². The van der Waals surface area contributed by atoms with Crippen LogP contribution >= 0.6 is 0 Å². The van der Waals surface area contributed by atoms with E-state index >= 15 is 0 Å². The van der Waals surface area contributed by atoms with Crippen LogP contribution in [0.15, 0.2) is 0 Å². The molecule has 3 aliphatic rings. The number of amides is 1. The van der Waals surface area contributed by atoms with E-state index in [9.17, 15) is 4.79 Å². The van der Waals surface area contributed by atoms with Crippen molar-refractivity contribution in [1.82, 2.24) is 4.90 Å². The third-order valence-corrected chi connectivity index (χ3v) is 5.44. The van der Waals surface area contributed by atoms with E-state index in [0.717, 1.165) is 38.1 Å². The third kappa shape index (κ3) is 1.97. The molecule has 2 saturated heterocycles. The summed E-state index contributed by atoms with van der Waals surface area (Å²) in [6, 6.07) is 0.591. The molecule has 2 unspecified atom stereocenters. The number of hydrogen-bond donors (Lipinski definition) is 1. The summed E-state index contributed by atoms with van der Waals surface area (Å²) in [5.74, 6) is 0.716. The van der Waals surface area contributed by atoms with E-state index in [1.165, 1.54) is 32.1 Å². The Morgan fingerprint density at radius 1 is 1.28 bits per heavy atom. The zero-order chi connectivity index (χ0) is 12.6. The van der Waals surface area contributed by atoms with Crippen molar-refractivity contribution in [1.29, 1.82) is 0 Å².